The number of hydrogen-bond donors (Lipinski definition) is 0. The molecule has 1 unspecified atom stereocenters. The number of nitrogens with zero attached hydrogens (tertiary/aromatic N) is 2. The van der Waals surface area contributed by atoms with Crippen LogP contribution < -0.4 is 4.90 Å². The van der Waals surface area contributed by atoms with Crippen LogP contribution in [-0.2, 0) is 27.2 Å². The molecular weight excluding hydrogens is 452 g/mol. The van der Waals surface area contributed by atoms with Crippen LogP contribution in [0.1, 0.15) is 47.0 Å². The highest BCUT2D eigenvalue weighted by Crippen LogP contribution is 2.44. The molecule has 2 amide bonds. The lowest BCUT2D eigenvalue weighted by atomic mass is 9.95. The van der Waals surface area contributed by atoms with Crippen LogP contribution in [0.25, 0.3) is 10.2 Å². The van der Waals surface area contributed by atoms with Crippen molar-refractivity contribution in [2.45, 2.75) is 48.6 Å². The third kappa shape index (κ3) is 3.68. The first-order valence-corrected chi connectivity index (χ1v) is 12.8. The minimum atomic E-state index is -0.540. The lowest BCUT2D eigenvalue weighted by Gasteiger charge is -2.15. The van der Waals surface area contributed by atoms with Gasteiger partial charge in [-0.15, -0.1) is 22.7 Å². The quantitative estimate of drug-likeness (QED) is 0.391. The first kappa shape index (κ1) is 20.7. The number of thiophene rings is 1. The van der Waals surface area contributed by atoms with E-state index < -0.39 is 11.2 Å². The predicted octanol–water partition coefficient (Wildman–Crippen LogP) is 4.84. The molecule has 6 nitrogen and oxygen atoms in total. The Morgan fingerprint density at radius 1 is 1.23 bits per heavy atom. The second-order valence-corrected chi connectivity index (χ2v) is 11.0. The molecule has 3 aromatic rings. The summed E-state index contributed by atoms with van der Waals surface area (Å²) in [5.74, 6) is -0.995. The van der Waals surface area contributed by atoms with Crippen molar-refractivity contribution in [2.75, 3.05) is 11.5 Å². The monoisotopic (exact) mass is 472 g/mol. The van der Waals surface area contributed by atoms with E-state index in [2.05, 4.69) is 4.98 Å². The molecule has 160 valence electrons. The van der Waals surface area contributed by atoms with Gasteiger partial charge in [-0.25, -0.2) is 14.7 Å². The van der Waals surface area contributed by atoms with Gasteiger partial charge < -0.3 is 4.74 Å². The molecule has 1 aliphatic carbocycles. The number of thioether (sulfide) groups is 1. The van der Waals surface area contributed by atoms with Crippen LogP contribution in [0.15, 0.2) is 28.6 Å². The van der Waals surface area contributed by atoms with Crippen LogP contribution in [0.4, 0.5) is 5.00 Å². The topological polar surface area (TPSA) is 76.6 Å². The minimum Gasteiger partial charge on any atom is -0.462 e. The van der Waals surface area contributed by atoms with E-state index in [-0.39, 0.29) is 24.8 Å². The molecule has 0 N–H and O–H groups in total. The van der Waals surface area contributed by atoms with Crippen LogP contribution >= 0.6 is 34.4 Å². The summed E-state index contributed by atoms with van der Waals surface area (Å²) in [6.45, 7) is 2.01. The van der Waals surface area contributed by atoms with Crippen molar-refractivity contribution in [2.24, 2.45) is 0 Å². The average Bonchev–Trinajstić information content (AvgIpc) is 3.41. The van der Waals surface area contributed by atoms with E-state index in [4.69, 9.17) is 4.74 Å². The number of para-hydroxylation sites is 1. The molecule has 31 heavy (non-hydrogen) atoms. The molecule has 1 aromatic carbocycles. The van der Waals surface area contributed by atoms with Crippen LogP contribution in [0.5, 0.6) is 0 Å². The zero-order valence-corrected chi connectivity index (χ0v) is 19.3. The number of hydrogen-bond acceptors (Lipinski definition) is 8. The number of fused-ring (bicyclic) bond motifs is 2. The van der Waals surface area contributed by atoms with E-state index in [1.165, 1.54) is 39.3 Å². The predicted molar refractivity (Wildman–Crippen MR) is 123 cm³/mol. The van der Waals surface area contributed by atoms with Crippen molar-refractivity contribution in [3.63, 3.8) is 0 Å². The zero-order chi connectivity index (χ0) is 21.5. The normalized spacial score (nSPS) is 18.6. The molecule has 0 spiro atoms. The third-order valence-corrected chi connectivity index (χ3v) is 9.05. The van der Waals surface area contributed by atoms with Crippen molar-refractivity contribution in [3.8, 4) is 0 Å². The number of imide groups is 1. The Hall–Kier alpha value is -2.23. The van der Waals surface area contributed by atoms with Crippen LogP contribution in [0, 0.1) is 0 Å². The van der Waals surface area contributed by atoms with Gasteiger partial charge in [0, 0.05) is 11.3 Å². The van der Waals surface area contributed by atoms with E-state index in [1.807, 2.05) is 24.3 Å². The molecule has 1 saturated heterocycles. The van der Waals surface area contributed by atoms with Crippen molar-refractivity contribution >= 4 is 67.4 Å². The van der Waals surface area contributed by atoms with Gasteiger partial charge in [0.1, 0.15) is 10.3 Å². The number of aryl methyl sites for hydroxylation is 1. The van der Waals surface area contributed by atoms with Gasteiger partial charge in [0.2, 0.25) is 11.8 Å². The van der Waals surface area contributed by atoms with Gasteiger partial charge >= 0.3 is 5.97 Å². The number of ether oxygens (including phenoxy) is 1. The Kier molecular flexibility index (Phi) is 5.58. The number of carbonyl (C=O) groups excluding carboxylic acids is 3. The number of benzene rings is 1. The van der Waals surface area contributed by atoms with Gasteiger partial charge in [0.05, 0.1) is 22.4 Å². The Morgan fingerprint density at radius 2 is 2.03 bits per heavy atom. The Balaban J connectivity index is 1.47. The van der Waals surface area contributed by atoms with Gasteiger partial charge in [-0.2, -0.15) is 0 Å². The molecule has 0 radical (unpaired) electrons. The number of carbonyl (C=O) groups is 3. The maximum atomic E-state index is 13.3. The summed E-state index contributed by atoms with van der Waals surface area (Å²) in [6, 6.07) is 7.81. The number of thiazole rings is 1. The number of aromatic nitrogens is 1. The summed E-state index contributed by atoms with van der Waals surface area (Å²) in [6.07, 6.45) is 3.79. The highest BCUT2D eigenvalue weighted by molar-refractivity contribution is 8.02. The van der Waals surface area contributed by atoms with Gasteiger partial charge in [0.25, 0.3) is 0 Å². The maximum Gasteiger partial charge on any atom is 0.341 e. The second-order valence-electron chi connectivity index (χ2n) is 7.44. The highest BCUT2D eigenvalue weighted by atomic mass is 32.2. The van der Waals surface area contributed by atoms with Gasteiger partial charge in [-0.3, -0.25) is 9.59 Å². The van der Waals surface area contributed by atoms with Gasteiger partial charge in [-0.1, -0.05) is 23.9 Å². The number of rotatable bonds is 5. The maximum absolute atomic E-state index is 13.3. The van der Waals surface area contributed by atoms with Crippen molar-refractivity contribution in [1.29, 1.82) is 0 Å². The fourth-order valence-electron chi connectivity index (χ4n) is 4.06. The summed E-state index contributed by atoms with van der Waals surface area (Å²) in [7, 11) is 0. The summed E-state index contributed by atoms with van der Waals surface area (Å²) in [5.41, 5.74) is 2.25. The van der Waals surface area contributed by atoms with Gasteiger partial charge in [0.15, 0.2) is 4.34 Å². The fourth-order valence-corrected chi connectivity index (χ4v) is 7.79. The summed E-state index contributed by atoms with van der Waals surface area (Å²) >= 11 is 4.24. The second kappa shape index (κ2) is 8.37. The SMILES string of the molecule is CCOC(=O)c1c(N2C(=O)CC(Sc3nc4ccccc4s3)C2=O)sc2c1CCCC2. The Morgan fingerprint density at radius 3 is 2.84 bits per heavy atom. The molecule has 1 fully saturated rings. The number of anilines is 1. The smallest absolute Gasteiger partial charge is 0.341 e. The lowest BCUT2D eigenvalue weighted by Crippen LogP contribution is -2.32. The third-order valence-electron chi connectivity index (χ3n) is 5.46. The molecular formula is C22H20N2O4S3. The average molecular weight is 473 g/mol. The summed E-state index contributed by atoms with van der Waals surface area (Å²) in [5, 5.41) is -0.102. The largest absolute Gasteiger partial charge is 0.462 e. The number of esters is 1. The molecule has 3 heterocycles. The van der Waals surface area contributed by atoms with E-state index in [0.717, 1.165) is 50.7 Å². The fraction of sp³-hybridized carbons (Fsp3) is 0.364. The van der Waals surface area contributed by atoms with Crippen LogP contribution in [0.3, 0.4) is 0 Å². The highest BCUT2D eigenvalue weighted by Gasteiger charge is 2.44. The van der Waals surface area contributed by atoms with Crippen LogP contribution in [-0.4, -0.2) is 34.6 Å². The summed E-state index contributed by atoms with van der Waals surface area (Å²) in [4.78, 5) is 45.9. The molecule has 5 rings (SSSR count). The first-order chi connectivity index (χ1) is 15.1. The lowest BCUT2D eigenvalue weighted by molar-refractivity contribution is -0.121. The van der Waals surface area contributed by atoms with Crippen LogP contribution in [0.2, 0.25) is 0 Å². The van der Waals surface area contributed by atoms with E-state index in [0.29, 0.717) is 10.6 Å². The van der Waals surface area contributed by atoms with Gasteiger partial charge in [-0.05, 0) is 50.3 Å². The first-order valence-electron chi connectivity index (χ1n) is 10.3. The molecule has 1 atom stereocenters. The molecule has 0 bridgehead atoms. The van der Waals surface area contributed by atoms with Crippen molar-refractivity contribution in [1.82, 2.24) is 4.98 Å². The molecule has 9 heteroatoms. The van der Waals surface area contributed by atoms with E-state index in [9.17, 15) is 14.4 Å². The standard InChI is InChI=1S/C22H20N2O4S3/c1-2-28-21(27)18-12-7-3-5-9-14(12)29-20(18)24-17(25)11-16(19(24)26)31-22-23-13-8-4-6-10-15(13)30-22/h4,6,8,10,16H,2-3,5,7,9,11H2,1H3. The van der Waals surface area contributed by atoms with Crippen molar-refractivity contribution in [3.05, 3.63) is 40.3 Å². The summed E-state index contributed by atoms with van der Waals surface area (Å²) < 4.78 is 7.10. The zero-order valence-electron chi connectivity index (χ0n) is 16.9. The Labute approximate surface area is 191 Å². The number of amides is 2. The van der Waals surface area contributed by atoms with Crippen molar-refractivity contribution < 1.29 is 19.1 Å². The van der Waals surface area contributed by atoms with E-state index in [1.54, 1.807) is 6.92 Å². The minimum absolute atomic E-state index is 0.101. The Bertz CT molecular complexity index is 1170. The molecule has 2 aliphatic rings. The molecule has 0 saturated carbocycles. The molecule has 1 aliphatic heterocycles. The molecule has 2 aromatic heterocycles. The van der Waals surface area contributed by atoms with E-state index >= 15 is 0 Å².